The number of aromatic nitrogens is 2. The number of hydrogen-bond acceptors (Lipinski definition) is 5. The standard InChI is InChI=1S/C19H20ClN3O5/c1-19(2,3)28-18(27)22-12-5-4-10(20)8-11(12)13-9-16(24)23-14(17(25)26)6-7-15(23)21-13/h4-5,8-9,14H,6-7H2,1-3H3,(H,22,27)(H,25,26). The maximum absolute atomic E-state index is 12.5. The first kappa shape index (κ1) is 19.9. The quantitative estimate of drug-likeness (QED) is 0.808. The molecule has 148 valence electrons. The van der Waals surface area contributed by atoms with E-state index in [-0.39, 0.29) is 0 Å². The number of benzene rings is 1. The average molecular weight is 406 g/mol. The smallest absolute Gasteiger partial charge is 0.412 e. The molecule has 0 saturated heterocycles. The van der Waals surface area contributed by atoms with Crippen molar-refractivity contribution < 1.29 is 19.4 Å². The van der Waals surface area contributed by atoms with Crippen LogP contribution in [0, 0.1) is 0 Å². The predicted molar refractivity (Wildman–Crippen MR) is 104 cm³/mol. The number of fused-ring (bicyclic) bond motifs is 1. The van der Waals surface area contributed by atoms with E-state index in [4.69, 9.17) is 16.3 Å². The molecule has 1 aromatic carbocycles. The molecule has 8 nitrogen and oxygen atoms in total. The normalized spacial score (nSPS) is 15.8. The summed E-state index contributed by atoms with van der Waals surface area (Å²) < 4.78 is 6.46. The highest BCUT2D eigenvalue weighted by Crippen LogP contribution is 2.31. The second-order valence-electron chi connectivity index (χ2n) is 7.48. The second-order valence-corrected chi connectivity index (χ2v) is 7.91. The molecule has 1 aliphatic heterocycles. The van der Waals surface area contributed by atoms with E-state index in [1.54, 1.807) is 39.0 Å². The van der Waals surface area contributed by atoms with Crippen molar-refractivity contribution in [1.82, 2.24) is 9.55 Å². The number of carboxylic acid groups (broad SMARTS) is 1. The van der Waals surface area contributed by atoms with Gasteiger partial charge in [-0.2, -0.15) is 0 Å². The Morgan fingerprint density at radius 3 is 2.68 bits per heavy atom. The van der Waals surface area contributed by atoms with Crippen molar-refractivity contribution in [1.29, 1.82) is 0 Å². The Kier molecular flexibility index (Phi) is 5.16. The van der Waals surface area contributed by atoms with E-state index < -0.39 is 29.3 Å². The molecule has 9 heteroatoms. The molecule has 0 spiro atoms. The Hall–Kier alpha value is -2.87. The van der Waals surface area contributed by atoms with Crippen LogP contribution in [0.25, 0.3) is 11.3 Å². The number of carbonyl (C=O) groups is 2. The van der Waals surface area contributed by atoms with Crippen LogP contribution in [0.5, 0.6) is 0 Å². The van der Waals surface area contributed by atoms with Gasteiger partial charge >= 0.3 is 12.1 Å². The molecule has 0 saturated carbocycles. The first-order valence-corrected chi connectivity index (χ1v) is 9.08. The summed E-state index contributed by atoms with van der Waals surface area (Å²) in [6, 6.07) is 5.10. The van der Waals surface area contributed by atoms with E-state index >= 15 is 0 Å². The number of nitrogens with one attached hydrogen (secondary N) is 1. The minimum absolute atomic E-state index is 0.302. The fraction of sp³-hybridized carbons (Fsp3) is 0.368. The molecular weight excluding hydrogens is 386 g/mol. The lowest BCUT2D eigenvalue weighted by Crippen LogP contribution is -2.28. The highest BCUT2D eigenvalue weighted by Gasteiger charge is 2.30. The van der Waals surface area contributed by atoms with E-state index in [0.717, 1.165) is 0 Å². The number of aryl methyl sites for hydroxylation is 1. The molecule has 1 unspecified atom stereocenters. The third-order valence-electron chi connectivity index (χ3n) is 4.16. The largest absolute Gasteiger partial charge is 0.480 e. The van der Waals surface area contributed by atoms with Gasteiger partial charge in [-0.3, -0.25) is 14.7 Å². The van der Waals surface area contributed by atoms with Crippen molar-refractivity contribution in [3.8, 4) is 11.3 Å². The maximum atomic E-state index is 12.5. The van der Waals surface area contributed by atoms with Crippen LogP contribution in [0.4, 0.5) is 10.5 Å². The summed E-state index contributed by atoms with van der Waals surface area (Å²) >= 11 is 6.10. The summed E-state index contributed by atoms with van der Waals surface area (Å²) in [6.45, 7) is 5.24. The molecule has 2 N–H and O–H groups in total. The zero-order valence-electron chi connectivity index (χ0n) is 15.7. The van der Waals surface area contributed by atoms with Crippen molar-refractivity contribution in [2.75, 3.05) is 5.32 Å². The number of hydrogen-bond donors (Lipinski definition) is 2. The summed E-state index contributed by atoms with van der Waals surface area (Å²) in [7, 11) is 0. The van der Waals surface area contributed by atoms with Gasteiger partial charge in [0.25, 0.3) is 5.56 Å². The Labute approximate surface area is 166 Å². The summed E-state index contributed by atoms with van der Waals surface area (Å²) in [4.78, 5) is 40.5. The van der Waals surface area contributed by atoms with E-state index in [1.807, 2.05) is 0 Å². The molecule has 2 aromatic rings. The van der Waals surface area contributed by atoms with Crippen LogP contribution in [0.1, 0.15) is 39.1 Å². The number of carboxylic acids is 1. The monoisotopic (exact) mass is 405 g/mol. The van der Waals surface area contributed by atoms with Crippen molar-refractivity contribution in [3.05, 3.63) is 45.5 Å². The first-order chi connectivity index (χ1) is 13.0. The highest BCUT2D eigenvalue weighted by atomic mass is 35.5. The van der Waals surface area contributed by atoms with E-state index in [1.165, 1.54) is 10.6 Å². The number of halogens is 1. The number of ether oxygens (including phenoxy) is 1. The molecule has 28 heavy (non-hydrogen) atoms. The van der Waals surface area contributed by atoms with Gasteiger partial charge in [0.2, 0.25) is 0 Å². The summed E-state index contributed by atoms with van der Waals surface area (Å²) in [5.74, 6) is -0.677. The highest BCUT2D eigenvalue weighted by molar-refractivity contribution is 6.31. The summed E-state index contributed by atoms with van der Waals surface area (Å²) in [5, 5.41) is 12.3. The van der Waals surface area contributed by atoms with Gasteiger partial charge in [0, 0.05) is 23.1 Å². The Morgan fingerprint density at radius 2 is 2.04 bits per heavy atom. The van der Waals surface area contributed by atoms with Gasteiger partial charge in [-0.15, -0.1) is 0 Å². The van der Waals surface area contributed by atoms with E-state index in [9.17, 15) is 19.5 Å². The van der Waals surface area contributed by atoms with Crippen LogP contribution in [-0.4, -0.2) is 32.3 Å². The Bertz CT molecular complexity index is 1010. The predicted octanol–water partition coefficient (Wildman–Crippen LogP) is 3.48. The number of rotatable bonds is 3. The number of anilines is 1. The summed E-state index contributed by atoms with van der Waals surface area (Å²) in [5.41, 5.74) is -0.0162. The minimum Gasteiger partial charge on any atom is -0.480 e. The van der Waals surface area contributed by atoms with Crippen LogP contribution in [0.3, 0.4) is 0 Å². The lowest BCUT2D eigenvalue weighted by molar-refractivity contribution is -0.140. The molecule has 0 fully saturated rings. The Morgan fingerprint density at radius 1 is 1.32 bits per heavy atom. The fourth-order valence-electron chi connectivity index (χ4n) is 3.07. The van der Waals surface area contributed by atoms with Crippen molar-refractivity contribution >= 4 is 29.4 Å². The van der Waals surface area contributed by atoms with Crippen LogP contribution in [-0.2, 0) is 16.0 Å². The van der Waals surface area contributed by atoms with Gasteiger partial charge in [0.05, 0.1) is 11.4 Å². The van der Waals surface area contributed by atoms with Crippen molar-refractivity contribution in [3.63, 3.8) is 0 Å². The second kappa shape index (κ2) is 7.27. The molecule has 1 aliphatic rings. The maximum Gasteiger partial charge on any atom is 0.412 e. The number of aliphatic carboxylic acids is 1. The van der Waals surface area contributed by atoms with Crippen LogP contribution >= 0.6 is 11.6 Å². The van der Waals surface area contributed by atoms with Gasteiger partial charge in [0.15, 0.2) is 0 Å². The van der Waals surface area contributed by atoms with Crippen LogP contribution in [0.2, 0.25) is 5.02 Å². The molecule has 2 heterocycles. The lowest BCUT2D eigenvalue weighted by atomic mass is 10.1. The topological polar surface area (TPSA) is 111 Å². The van der Waals surface area contributed by atoms with Gasteiger partial charge in [-0.1, -0.05) is 11.6 Å². The number of carbonyl (C=O) groups excluding carboxylic acids is 1. The fourth-order valence-corrected chi connectivity index (χ4v) is 3.24. The zero-order valence-corrected chi connectivity index (χ0v) is 16.4. The van der Waals surface area contributed by atoms with Gasteiger partial charge < -0.3 is 9.84 Å². The van der Waals surface area contributed by atoms with Gasteiger partial charge in [-0.25, -0.2) is 14.6 Å². The lowest BCUT2D eigenvalue weighted by Gasteiger charge is -2.20. The van der Waals surface area contributed by atoms with Gasteiger partial charge in [-0.05, 0) is 45.4 Å². The minimum atomic E-state index is -1.06. The average Bonchev–Trinajstić information content (AvgIpc) is 2.99. The molecule has 3 rings (SSSR count). The number of amides is 1. The number of nitrogens with zero attached hydrogens (tertiary/aromatic N) is 2. The first-order valence-electron chi connectivity index (χ1n) is 8.70. The molecule has 0 bridgehead atoms. The molecule has 0 aliphatic carbocycles. The zero-order chi connectivity index (χ0) is 20.6. The van der Waals surface area contributed by atoms with Gasteiger partial charge in [0.1, 0.15) is 17.5 Å². The molecule has 0 radical (unpaired) electrons. The van der Waals surface area contributed by atoms with E-state index in [2.05, 4.69) is 10.3 Å². The third-order valence-corrected chi connectivity index (χ3v) is 4.39. The van der Waals surface area contributed by atoms with E-state index in [0.29, 0.717) is 40.6 Å². The van der Waals surface area contributed by atoms with Crippen molar-refractivity contribution in [2.24, 2.45) is 0 Å². The van der Waals surface area contributed by atoms with Crippen LogP contribution < -0.4 is 10.9 Å². The molecule has 1 amide bonds. The SMILES string of the molecule is CC(C)(C)OC(=O)Nc1ccc(Cl)cc1-c1cc(=O)n2c(n1)CCC2C(=O)O. The third kappa shape index (κ3) is 4.17. The summed E-state index contributed by atoms with van der Waals surface area (Å²) in [6.07, 6.45) is 0.0227. The molecule has 1 aromatic heterocycles. The Balaban J connectivity index is 2.02. The molecule has 1 atom stereocenters. The molecular formula is C19H20ClN3O5. The van der Waals surface area contributed by atoms with Crippen LogP contribution in [0.15, 0.2) is 29.1 Å². The van der Waals surface area contributed by atoms with Crippen molar-refractivity contribution in [2.45, 2.75) is 45.3 Å².